The Morgan fingerprint density at radius 1 is 1.14 bits per heavy atom. The largest absolute Gasteiger partial charge is 0.384 e. The summed E-state index contributed by atoms with van der Waals surface area (Å²) in [5.41, 5.74) is 8.93. The fraction of sp³-hybridized carbons (Fsp3) is 0.318. The van der Waals surface area contributed by atoms with Gasteiger partial charge in [-0.15, -0.1) is 0 Å². The molecule has 0 aliphatic carbocycles. The van der Waals surface area contributed by atoms with E-state index >= 15 is 0 Å². The van der Waals surface area contributed by atoms with Crippen LogP contribution < -0.4 is 10.6 Å². The summed E-state index contributed by atoms with van der Waals surface area (Å²) in [6, 6.07) is 13.8. The van der Waals surface area contributed by atoms with Gasteiger partial charge in [0.15, 0.2) is 0 Å². The molecule has 0 radical (unpaired) electrons. The van der Waals surface area contributed by atoms with Crippen molar-refractivity contribution in [3.8, 4) is 0 Å². The van der Waals surface area contributed by atoms with Gasteiger partial charge in [-0.05, 0) is 36.2 Å². The van der Waals surface area contributed by atoms with Gasteiger partial charge in [-0.1, -0.05) is 24.3 Å². The number of fused-ring (bicyclic) bond motifs is 1. The predicted octanol–water partition coefficient (Wildman–Crippen LogP) is 2.65. The molecule has 0 saturated carbocycles. The molecule has 4 heterocycles. The van der Waals surface area contributed by atoms with Gasteiger partial charge in [0.1, 0.15) is 11.5 Å². The van der Waals surface area contributed by atoms with Crippen molar-refractivity contribution in [2.24, 2.45) is 11.8 Å². The van der Waals surface area contributed by atoms with Crippen molar-refractivity contribution in [3.05, 3.63) is 71.7 Å². The molecule has 7 nitrogen and oxygen atoms in total. The number of rotatable bonds is 3. The molecule has 2 saturated heterocycles. The van der Waals surface area contributed by atoms with Gasteiger partial charge in [0.05, 0.1) is 6.04 Å². The van der Waals surface area contributed by atoms with Crippen molar-refractivity contribution in [2.75, 3.05) is 30.3 Å². The first kappa shape index (κ1) is 17.7. The number of aromatic nitrogens is 3. The lowest BCUT2D eigenvalue weighted by molar-refractivity contribution is 0.0710. The van der Waals surface area contributed by atoms with Gasteiger partial charge >= 0.3 is 0 Å². The standard InChI is InChI=1S/C22H24N6O/c1-14-5-2-3-6-16(14)20-17-13-27(22-25-10-8-19(23)26-22)11-15(17)12-28(20)21(29)18-7-4-9-24-18/h2-10,15,17,20,24H,11-13H2,1H3,(H2,23,25,26)/t15-,17-,20+/m0/s1. The van der Waals surface area contributed by atoms with E-state index in [-0.39, 0.29) is 11.9 Å². The summed E-state index contributed by atoms with van der Waals surface area (Å²) in [4.78, 5) is 29.4. The smallest absolute Gasteiger partial charge is 0.270 e. The molecule has 0 spiro atoms. The lowest BCUT2D eigenvalue weighted by atomic mass is 9.87. The van der Waals surface area contributed by atoms with Crippen LogP contribution in [0.25, 0.3) is 0 Å². The van der Waals surface area contributed by atoms with Crippen molar-refractivity contribution in [2.45, 2.75) is 13.0 Å². The van der Waals surface area contributed by atoms with Crippen molar-refractivity contribution in [3.63, 3.8) is 0 Å². The van der Waals surface area contributed by atoms with Crippen LogP contribution in [0.5, 0.6) is 0 Å². The van der Waals surface area contributed by atoms with Crippen LogP contribution in [0.4, 0.5) is 11.8 Å². The quantitative estimate of drug-likeness (QED) is 0.720. The number of aromatic amines is 1. The molecule has 2 aromatic heterocycles. The van der Waals surface area contributed by atoms with E-state index < -0.39 is 0 Å². The Hall–Kier alpha value is -3.35. The number of nitrogen functional groups attached to an aromatic ring is 1. The third-order valence-electron chi connectivity index (χ3n) is 6.21. The number of carbonyl (C=O) groups is 1. The number of benzene rings is 1. The first-order chi connectivity index (χ1) is 14.1. The van der Waals surface area contributed by atoms with E-state index in [9.17, 15) is 4.79 Å². The normalized spacial score (nSPS) is 23.4. The van der Waals surface area contributed by atoms with Gasteiger partial charge in [-0.2, -0.15) is 4.98 Å². The second-order valence-corrected chi connectivity index (χ2v) is 7.95. The molecule has 5 rings (SSSR count). The monoisotopic (exact) mass is 388 g/mol. The van der Waals surface area contributed by atoms with Crippen LogP contribution in [0.3, 0.4) is 0 Å². The van der Waals surface area contributed by atoms with Crippen molar-refractivity contribution >= 4 is 17.7 Å². The van der Waals surface area contributed by atoms with Crippen molar-refractivity contribution < 1.29 is 4.79 Å². The number of amides is 1. The van der Waals surface area contributed by atoms with Crippen LogP contribution in [0.15, 0.2) is 54.9 Å². The molecule has 0 bridgehead atoms. The Labute approximate surface area is 169 Å². The van der Waals surface area contributed by atoms with Gasteiger partial charge in [0.25, 0.3) is 5.91 Å². The zero-order valence-electron chi connectivity index (χ0n) is 16.3. The van der Waals surface area contributed by atoms with Crippen LogP contribution in [0, 0.1) is 18.8 Å². The Balaban J connectivity index is 1.49. The fourth-order valence-corrected chi connectivity index (χ4v) is 4.87. The van der Waals surface area contributed by atoms with Gasteiger partial charge in [0, 0.05) is 43.9 Å². The minimum atomic E-state index is 0.0306. The molecule has 0 unspecified atom stereocenters. The average molecular weight is 388 g/mol. The highest BCUT2D eigenvalue weighted by atomic mass is 16.2. The van der Waals surface area contributed by atoms with Gasteiger partial charge in [0.2, 0.25) is 5.95 Å². The molecule has 29 heavy (non-hydrogen) atoms. The van der Waals surface area contributed by atoms with E-state index in [2.05, 4.69) is 45.0 Å². The number of aryl methyl sites for hydroxylation is 1. The van der Waals surface area contributed by atoms with Crippen LogP contribution in [0.2, 0.25) is 0 Å². The molecule has 2 aliphatic rings. The molecule has 2 fully saturated rings. The number of nitrogens with two attached hydrogens (primary N) is 1. The summed E-state index contributed by atoms with van der Waals surface area (Å²) in [5, 5.41) is 0. The van der Waals surface area contributed by atoms with Gasteiger partial charge in [-0.3, -0.25) is 4.79 Å². The maximum Gasteiger partial charge on any atom is 0.270 e. The lowest BCUT2D eigenvalue weighted by Crippen LogP contribution is -2.36. The molecule has 3 atom stereocenters. The number of nitrogens with zero attached hydrogens (tertiary/aromatic N) is 4. The van der Waals surface area contributed by atoms with E-state index in [1.165, 1.54) is 11.1 Å². The maximum atomic E-state index is 13.3. The van der Waals surface area contributed by atoms with Gasteiger partial charge in [-0.25, -0.2) is 4.98 Å². The second kappa shape index (κ2) is 6.92. The number of H-pyrrole nitrogens is 1. The van der Waals surface area contributed by atoms with Crippen LogP contribution >= 0.6 is 0 Å². The lowest BCUT2D eigenvalue weighted by Gasteiger charge is -2.30. The summed E-state index contributed by atoms with van der Waals surface area (Å²) in [6.07, 6.45) is 3.50. The number of anilines is 2. The molecule has 1 amide bonds. The Morgan fingerprint density at radius 3 is 2.76 bits per heavy atom. The second-order valence-electron chi connectivity index (χ2n) is 7.95. The van der Waals surface area contributed by atoms with Crippen molar-refractivity contribution in [1.29, 1.82) is 0 Å². The summed E-state index contributed by atoms with van der Waals surface area (Å²) in [7, 11) is 0. The SMILES string of the molecule is Cc1ccccc1[C@@H]1[C@H]2CN(c3nccc(N)n3)C[C@H]2CN1C(=O)c1ccc[nH]1. The predicted molar refractivity (Wildman–Crippen MR) is 111 cm³/mol. The maximum absolute atomic E-state index is 13.3. The molecular weight excluding hydrogens is 364 g/mol. The molecule has 148 valence electrons. The van der Waals surface area contributed by atoms with Crippen LogP contribution in [0.1, 0.15) is 27.7 Å². The summed E-state index contributed by atoms with van der Waals surface area (Å²) >= 11 is 0. The molecule has 7 heteroatoms. The molecule has 3 aromatic rings. The summed E-state index contributed by atoms with van der Waals surface area (Å²) < 4.78 is 0. The highest BCUT2D eigenvalue weighted by molar-refractivity contribution is 5.93. The van der Waals surface area contributed by atoms with Gasteiger partial charge < -0.3 is 20.5 Å². The number of likely N-dealkylation sites (tertiary alicyclic amines) is 1. The van der Waals surface area contributed by atoms with E-state index in [0.29, 0.717) is 29.3 Å². The minimum Gasteiger partial charge on any atom is -0.384 e. The zero-order chi connectivity index (χ0) is 20.0. The minimum absolute atomic E-state index is 0.0306. The van der Waals surface area contributed by atoms with E-state index in [1.807, 2.05) is 23.1 Å². The molecule has 2 aliphatic heterocycles. The average Bonchev–Trinajstić information content (AvgIpc) is 3.44. The number of hydrogen-bond donors (Lipinski definition) is 2. The van der Waals surface area contributed by atoms with Crippen LogP contribution in [-0.4, -0.2) is 45.4 Å². The van der Waals surface area contributed by atoms with E-state index in [0.717, 1.165) is 19.6 Å². The topological polar surface area (TPSA) is 91.1 Å². The first-order valence-electron chi connectivity index (χ1n) is 9.95. The van der Waals surface area contributed by atoms with Crippen LogP contribution in [-0.2, 0) is 0 Å². The summed E-state index contributed by atoms with van der Waals surface area (Å²) in [5.74, 6) is 1.89. The Morgan fingerprint density at radius 2 is 2.00 bits per heavy atom. The molecule has 3 N–H and O–H groups in total. The van der Waals surface area contributed by atoms with E-state index in [4.69, 9.17) is 5.73 Å². The summed E-state index contributed by atoms with van der Waals surface area (Å²) in [6.45, 7) is 4.47. The number of carbonyl (C=O) groups excluding carboxylic acids is 1. The highest BCUT2D eigenvalue weighted by Crippen LogP contribution is 2.46. The first-order valence-corrected chi connectivity index (χ1v) is 9.95. The van der Waals surface area contributed by atoms with Crippen molar-refractivity contribution in [1.82, 2.24) is 19.9 Å². The Bertz CT molecular complexity index is 1030. The molecular formula is C22H24N6O. The Kier molecular flexibility index (Phi) is 4.23. The highest BCUT2D eigenvalue weighted by Gasteiger charge is 2.50. The number of hydrogen-bond acceptors (Lipinski definition) is 5. The zero-order valence-corrected chi connectivity index (χ0v) is 16.3. The van der Waals surface area contributed by atoms with E-state index in [1.54, 1.807) is 18.5 Å². The number of nitrogens with one attached hydrogen (secondary N) is 1. The fourth-order valence-electron chi connectivity index (χ4n) is 4.87. The third kappa shape index (κ3) is 3.03. The third-order valence-corrected chi connectivity index (χ3v) is 6.21. The molecule has 1 aromatic carbocycles.